The first-order chi connectivity index (χ1) is 20.6. The number of rotatable bonds is 8. The van der Waals surface area contributed by atoms with Gasteiger partial charge >= 0.3 is 0 Å². The molecule has 0 radical (unpaired) electrons. The number of carbonyl (C=O) groups excluding carboxylic acids is 2. The van der Waals surface area contributed by atoms with Crippen LogP contribution in [0.1, 0.15) is 6.92 Å². The number of nitrogens with one attached hydrogen (secondary N) is 1. The summed E-state index contributed by atoms with van der Waals surface area (Å²) in [7, 11) is -3.12. The van der Waals surface area contributed by atoms with E-state index in [1.165, 1.54) is 38.4 Å². The maximum atomic E-state index is 14.3. The van der Waals surface area contributed by atoms with Crippen LogP contribution in [0, 0.1) is 11.6 Å². The second-order valence-electron chi connectivity index (χ2n) is 9.81. The van der Waals surface area contributed by atoms with Gasteiger partial charge in [0.25, 0.3) is 10.0 Å². The molecular formula is C30H27F2N5O5S. The summed E-state index contributed by atoms with van der Waals surface area (Å²) in [6.45, 7) is 3.44. The number of hydrogen-bond acceptors (Lipinski definition) is 8. The molecule has 13 heteroatoms. The molecule has 1 N–H and O–H groups in total. The molecule has 0 unspecified atom stereocenters. The van der Waals surface area contributed by atoms with Crippen molar-refractivity contribution in [1.29, 1.82) is 0 Å². The van der Waals surface area contributed by atoms with Crippen molar-refractivity contribution in [2.24, 2.45) is 0 Å². The van der Waals surface area contributed by atoms with Gasteiger partial charge in [-0.15, -0.1) is 0 Å². The Morgan fingerprint density at radius 3 is 2.42 bits per heavy atom. The number of methoxy groups -OCH3 is 1. The lowest BCUT2D eigenvalue weighted by molar-refractivity contribution is -0.126. The number of sulfonamides is 1. The molecule has 1 saturated heterocycles. The van der Waals surface area contributed by atoms with Crippen LogP contribution in [0.15, 0.2) is 78.1 Å². The van der Waals surface area contributed by atoms with Gasteiger partial charge in [0.05, 0.1) is 19.0 Å². The number of piperazine rings is 1. The number of carbonyl (C=O) groups is 2. The Labute approximate surface area is 246 Å². The van der Waals surface area contributed by atoms with Crippen molar-refractivity contribution in [3.8, 4) is 17.0 Å². The van der Waals surface area contributed by atoms with E-state index in [2.05, 4.69) is 19.6 Å². The first-order valence-electron chi connectivity index (χ1n) is 13.2. The molecule has 10 nitrogen and oxygen atoms in total. The lowest BCUT2D eigenvalue weighted by Gasteiger charge is -2.36. The normalized spacial score (nSPS) is 13.9. The van der Waals surface area contributed by atoms with Crippen LogP contribution in [-0.4, -0.2) is 68.3 Å². The Balaban J connectivity index is 1.43. The molecule has 1 aliphatic rings. The molecule has 2 aromatic carbocycles. The van der Waals surface area contributed by atoms with Crippen molar-refractivity contribution in [3.63, 3.8) is 0 Å². The number of fused-ring (bicyclic) bond motifs is 1. The topological polar surface area (TPSA) is 122 Å². The number of amides is 1. The molecule has 0 aliphatic carbocycles. The SMILES string of the molecule is COc1ncc(-c2ccc3cncc(N4CCN(C(=O)/C=C/C(C)=O)CC4)c3c2)cc1NS(=O)(=O)c1ccc(F)cc1F. The van der Waals surface area contributed by atoms with E-state index in [9.17, 15) is 26.8 Å². The van der Waals surface area contributed by atoms with Gasteiger partial charge in [-0.1, -0.05) is 12.1 Å². The summed E-state index contributed by atoms with van der Waals surface area (Å²) in [4.78, 5) is 35.3. The number of allylic oxidation sites excluding steroid dienone is 1. The van der Waals surface area contributed by atoms with Crippen LogP contribution < -0.4 is 14.4 Å². The van der Waals surface area contributed by atoms with E-state index >= 15 is 0 Å². The number of benzene rings is 2. The minimum atomic E-state index is -4.44. The van der Waals surface area contributed by atoms with E-state index in [0.29, 0.717) is 43.4 Å². The predicted molar refractivity (Wildman–Crippen MR) is 157 cm³/mol. The number of hydrogen-bond donors (Lipinski definition) is 1. The van der Waals surface area contributed by atoms with E-state index in [4.69, 9.17) is 4.74 Å². The Kier molecular flexibility index (Phi) is 8.35. The maximum Gasteiger partial charge on any atom is 0.264 e. The second-order valence-corrected chi connectivity index (χ2v) is 11.5. The third kappa shape index (κ3) is 6.46. The van der Waals surface area contributed by atoms with E-state index in [1.807, 2.05) is 18.2 Å². The number of ketones is 1. The average molecular weight is 608 g/mol. The average Bonchev–Trinajstić information content (AvgIpc) is 2.99. The second kappa shape index (κ2) is 12.1. The Morgan fingerprint density at radius 1 is 0.953 bits per heavy atom. The molecule has 1 amide bonds. The Bertz CT molecular complexity index is 1860. The van der Waals surface area contributed by atoms with Crippen molar-refractivity contribution in [1.82, 2.24) is 14.9 Å². The van der Waals surface area contributed by atoms with Crippen LogP contribution in [-0.2, 0) is 19.6 Å². The predicted octanol–water partition coefficient (Wildman–Crippen LogP) is 4.18. The van der Waals surface area contributed by atoms with Crippen molar-refractivity contribution in [2.45, 2.75) is 11.8 Å². The first-order valence-corrected chi connectivity index (χ1v) is 14.7. The molecule has 1 aliphatic heterocycles. The molecule has 0 spiro atoms. The molecule has 4 aromatic rings. The van der Waals surface area contributed by atoms with Crippen molar-refractivity contribution < 1.29 is 31.5 Å². The van der Waals surface area contributed by atoms with E-state index in [0.717, 1.165) is 28.6 Å². The third-order valence-corrected chi connectivity index (χ3v) is 8.34. The Hall–Kier alpha value is -4.91. The molecule has 5 rings (SSSR count). The van der Waals surface area contributed by atoms with Crippen molar-refractivity contribution in [2.75, 3.05) is 42.9 Å². The standard InChI is InChI=1S/C30H27F2N5O5S/c1-19(38)3-8-29(39)37-11-9-36(10-12-37)27-18-33-16-21-5-4-20(13-24(21)27)22-14-26(30(42-2)34-17-22)35-43(40,41)28-7-6-23(31)15-25(28)32/h3-8,13-18,35H,9-12H2,1-2H3/b8-3+. The number of pyridine rings is 2. The Morgan fingerprint density at radius 2 is 1.72 bits per heavy atom. The highest BCUT2D eigenvalue weighted by molar-refractivity contribution is 7.92. The number of halogens is 2. The largest absolute Gasteiger partial charge is 0.480 e. The highest BCUT2D eigenvalue weighted by Gasteiger charge is 2.24. The first kappa shape index (κ1) is 29.6. The molecule has 2 aromatic heterocycles. The van der Waals surface area contributed by atoms with E-state index in [-0.39, 0.29) is 23.3 Å². The molecule has 0 atom stereocenters. The summed E-state index contributed by atoms with van der Waals surface area (Å²) in [5.74, 6) is -2.58. The molecule has 222 valence electrons. The van der Waals surface area contributed by atoms with Gasteiger partial charge in [-0.3, -0.25) is 19.3 Å². The lowest BCUT2D eigenvalue weighted by Crippen LogP contribution is -2.48. The summed E-state index contributed by atoms with van der Waals surface area (Å²) in [5.41, 5.74) is 2.10. The molecular weight excluding hydrogens is 580 g/mol. The zero-order chi connectivity index (χ0) is 30.7. The van der Waals surface area contributed by atoms with Crippen LogP contribution in [0.25, 0.3) is 21.9 Å². The summed E-state index contributed by atoms with van der Waals surface area (Å²) >= 11 is 0. The summed E-state index contributed by atoms with van der Waals surface area (Å²) in [6.07, 6.45) is 7.56. The fourth-order valence-corrected chi connectivity index (χ4v) is 5.89. The van der Waals surface area contributed by atoms with Gasteiger partial charge in [0.1, 0.15) is 22.2 Å². The van der Waals surface area contributed by atoms with E-state index < -0.39 is 26.6 Å². The van der Waals surface area contributed by atoms with Gasteiger partial charge in [-0.05, 0) is 42.8 Å². The van der Waals surface area contributed by atoms with Crippen LogP contribution in [0.4, 0.5) is 20.2 Å². The van der Waals surface area contributed by atoms with Gasteiger partial charge in [-0.2, -0.15) is 0 Å². The maximum absolute atomic E-state index is 14.3. The molecule has 0 bridgehead atoms. The van der Waals surface area contributed by atoms with Gasteiger partial charge < -0.3 is 14.5 Å². The molecule has 3 heterocycles. The molecule has 43 heavy (non-hydrogen) atoms. The summed E-state index contributed by atoms with van der Waals surface area (Å²) < 4.78 is 61.1. The molecule has 1 fully saturated rings. The fraction of sp³-hybridized carbons (Fsp3) is 0.200. The molecule has 0 saturated carbocycles. The zero-order valence-electron chi connectivity index (χ0n) is 23.3. The smallest absolute Gasteiger partial charge is 0.264 e. The van der Waals surface area contributed by atoms with Crippen LogP contribution >= 0.6 is 0 Å². The highest BCUT2D eigenvalue weighted by Crippen LogP contribution is 2.34. The summed E-state index contributed by atoms with van der Waals surface area (Å²) in [5, 5.41) is 1.76. The summed E-state index contributed by atoms with van der Waals surface area (Å²) in [6, 6.07) is 9.36. The van der Waals surface area contributed by atoms with Crippen molar-refractivity contribution in [3.05, 3.63) is 84.8 Å². The van der Waals surface area contributed by atoms with Gasteiger partial charge in [-0.25, -0.2) is 22.2 Å². The number of anilines is 2. The lowest BCUT2D eigenvalue weighted by atomic mass is 10.0. The minimum Gasteiger partial charge on any atom is -0.480 e. The van der Waals surface area contributed by atoms with Gasteiger partial charge in [0, 0.05) is 67.1 Å². The minimum absolute atomic E-state index is 0.0293. The van der Waals surface area contributed by atoms with Crippen LogP contribution in [0.3, 0.4) is 0 Å². The number of nitrogens with zero attached hydrogens (tertiary/aromatic N) is 4. The quantitative estimate of drug-likeness (QED) is 0.296. The number of ether oxygens (including phenoxy) is 1. The van der Waals surface area contributed by atoms with E-state index in [1.54, 1.807) is 17.3 Å². The highest BCUT2D eigenvalue weighted by atomic mass is 32.2. The monoisotopic (exact) mass is 607 g/mol. The fourth-order valence-electron chi connectivity index (χ4n) is 4.78. The van der Waals surface area contributed by atoms with Crippen LogP contribution in [0.2, 0.25) is 0 Å². The van der Waals surface area contributed by atoms with Gasteiger partial charge in [0.2, 0.25) is 11.8 Å². The number of aromatic nitrogens is 2. The zero-order valence-corrected chi connectivity index (χ0v) is 24.1. The third-order valence-electron chi connectivity index (χ3n) is 6.94. The van der Waals surface area contributed by atoms with Gasteiger partial charge in [0.15, 0.2) is 5.78 Å². The van der Waals surface area contributed by atoms with Crippen LogP contribution in [0.5, 0.6) is 5.88 Å². The van der Waals surface area contributed by atoms with Crippen molar-refractivity contribution >= 4 is 43.9 Å².